The van der Waals surface area contributed by atoms with E-state index in [0.29, 0.717) is 6.54 Å². The van der Waals surface area contributed by atoms with Crippen LogP contribution in [0, 0.1) is 0 Å². The van der Waals surface area contributed by atoms with Crippen molar-refractivity contribution in [2.24, 2.45) is 0 Å². The van der Waals surface area contributed by atoms with E-state index in [4.69, 9.17) is 0 Å². The molecule has 0 aliphatic carbocycles. The van der Waals surface area contributed by atoms with Gasteiger partial charge in [0, 0.05) is 12.2 Å². The third-order valence-electron chi connectivity index (χ3n) is 3.40. The Bertz CT molecular complexity index is 797. The summed E-state index contributed by atoms with van der Waals surface area (Å²) >= 11 is 0. The Balaban J connectivity index is 1.65. The molecule has 0 bridgehead atoms. The average Bonchev–Trinajstić information content (AvgIpc) is 2.52. The van der Waals surface area contributed by atoms with E-state index in [0.717, 1.165) is 22.0 Å². The maximum absolute atomic E-state index is 12.1. The number of hydrogen-bond donors (Lipinski definition) is 1. The summed E-state index contributed by atoms with van der Waals surface area (Å²) in [6, 6.07) is 19.9. The largest absolute Gasteiger partial charge is 0.573 e. The second-order valence-corrected chi connectivity index (χ2v) is 5.11. The van der Waals surface area contributed by atoms with Crippen LogP contribution in [-0.2, 0) is 6.54 Å². The molecule has 5 heteroatoms. The molecule has 3 aromatic carbocycles. The van der Waals surface area contributed by atoms with Gasteiger partial charge in [-0.3, -0.25) is 0 Å². The van der Waals surface area contributed by atoms with Gasteiger partial charge in [0.05, 0.1) is 0 Å². The van der Waals surface area contributed by atoms with Crippen molar-refractivity contribution in [1.82, 2.24) is 0 Å². The van der Waals surface area contributed by atoms with E-state index < -0.39 is 6.36 Å². The standard InChI is InChI=1S/C18H14F3NO/c19-18(20,21)23-17-9-5-13(6-10-17)12-22-16-8-7-14-3-1-2-4-15(14)11-16/h1-11,22H,12H2. The van der Waals surface area contributed by atoms with Crippen LogP contribution in [0.3, 0.4) is 0 Å². The Morgan fingerprint density at radius 3 is 2.22 bits per heavy atom. The second-order valence-electron chi connectivity index (χ2n) is 5.11. The van der Waals surface area contributed by atoms with Gasteiger partial charge in [0.1, 0.15) is 5.75 Å². The van der Waals surface area contributed by atoms with Crippen molar-refractivity contribution in [2.45, 2.75) is 12.9 Å². The molecule has 23 heavy (non-hydrogen) atoms. The molecular formula is C18H14F3NO. The molecule has 118 valence electrons. The van der Waals surface area contributed by atoms with E-state index in [-0.39, 0.29) is 5.75 Å². The number of alkyl halides is 3. The molecule has 0 aromatic heterocycles. The molecule has 0 heterocycles. The fourth-order valence-electron chi connectivity index (χ4n) is 2.31. The summed E-state index contributed by atoms with van der Waals surface area (Å²) in [5.41, 5.74) is 1.83. The highest BCUT2D eigenvalue weighted by Crippen LogP contribution is 2.23. The smallest absolute Gasteiger partial charge is 0.406 e. The van der Waals surface area contributed by atoms with Crippen LogP contribution >= 0.6 is 0 Å². The average molecular weight is 317 g/mol. The number of benzene rings is 3. The Labute approximate surface area is 131 Å². The van der Waals surface area contributed by atoms with Crippen molar-refractivity contribution in [1.29, 1.82) is 0 Å². The molecular weight excluding hydrogens is 303 g/mol. The van der Waals surface area contributed by atoms with E-state index >= 15 is 0 Å². The molecule has 1 N–H and O–H groups in total. The minimum absolute atomic E-state index is 0.216. The number of hydrogen-bond acceptors (Lipinski definition) is 2. The number of ether oxygens (including phenoxy) is 1. The molecule has 0 radical (unpaired) electrons. The molecule has 0 saturated heterocycles. The van der Waals surface area contributed by atoms with Crippen LogP contribution in [0.25, 0.3) is 10.8 Å². The van der Waals surface area contributed by atoms with Gasteiger partial charge in [0.2, 0.25) is 0 Å². The number of fused-ring (bicyclic) bond motifs is 1. The zero-order chi connectivity index (χ0) is 16.3. The van der Waals surface area contributed by atoms with Crippen LogP contribution in [0.15, 0.2) is 66.7 Å². The summed E-state index contributed by atoms with van der Waals surface area (Å²) in [5.74, 6) is -0.216. The summed E-state index contributed by atoms with van der Waals surface area (Å²) in [7, 11) is 0. The Morgan fingerprint density at radius 1 is 0.826 bits per heavy atom. The fourth-order valence-corrected chi connectivity index (χ4v) is 2.31. The van der Waals surface area contributed by atoms with Crippen LogP contribution in [0.2, 0.25) is 0 Å². The minimum atomic E-state index is -4.66. The van der Waals surface area contributed by atoms with Crippen LogP contribution in [0.4, 0.5) is 18.9 Å². The second kappa shape index (κ2) is 6.20. The number of rotatable bonds is 4. The SMILES string of the molecule is FC(F)(F)Oc1ccc(CNc2ccc3ccccc3c2)cc1. The van der Waals surface area contributed by atoms with Crippen molar-refractivity contribution in [3.05, 3.63) is 72.3 Å². The summed E-state index contributed by atoms with van der Waals surface area (Å²) in [6.45, 7) is 0.518. The lowest BCUT2D eigenvalue weighted by atomic mass is 10.1. The van der Waals surface area contributed by atoms with E-state index in [1.54, 1.807) is 12.1 Å². The van der Waals surface area contributed by atoms with Crippen LogP contribution in [0.5, 0.6) is 5.75 Å². The molecule has 3 rings (SSSR count). The van der Waals surface area contributed by atoms with Gasteiger partial charge in [-0.05, 0) is 40.6 Å². The monoisotopic (exact) mass is 317 g/mol. The summed E-state index contributed by atoms with van der Waals surface area (Å²) in [5, 5.41) is 5.55. The van der Waals surface area contributed by atoms with E-state index in [2.05, 4.69) is 10.1 Å². The predicted molar refractivity (Wildman–Crippen MR) is 84.4 cm³/mol. The Kier molecular flexibility index (Phi) is 4.10. The molecule has 0 unspecified atom stereocenters. The maximum atomic E-state index is 12.1. The number of halogens is 3. The van der Waals surface area contributed by atoms with E-state index in [1.807, 2.05) is 42.5 Å². The molecule has 3 aromatic rings. The van der Waals surface area contributed by atoms with Crippen LogP contribution in [0.1, 0.15) is 5.56 Å². The molecule has 0 saturated carbocycles. The van der Waals surface area contributed by atoms with Gasteiger partial charge < -0.3 is 10.1 Å². The molecule has 0 aliphatic rings. The zero-order valence-corrected chi connectivity index (χ0v) is 12.1. The molecule has 2 nitrogen and oxygen atoms in total. The first-order valence-electron chi connectivity index (χ1n) is 7.07. The lowest BCUT2D eigenvalue weighted by molar-refractivity contribution is -0.274. The van der Waals surface area contributed by atoms with Gasteiger partial charge in [0.25, 0.3) is 0 Å². The van der Waals surface area contributed by atoms with E-state index in [1.165, 1.54) is 12.1 Å². The number of nitrogens with one attached hydrogen (secondary N) is 1. The highest BCUT2D eigenvalue weighted by molar-refractivity contribution is 5.85. The van der Waals surface area contributed by atoms with Gasteiger partial charge in [-0.25, -0.2) is 0 Å². The van der Waals surface area contributed by atoms with Gasteiger partial charge in [0.15, 0.2) is 0 Å². The Morgan fingerprint density at radius 2 is 1.52 bits per heavy atom. The lowest BCUT2D eigenvalue weighted by Gasteiger charge is -2.10. The third-order valence-corrected chi connectivity index (χ3v) is 3.40. The topological polar surface area (TPSA) is 21.3 Å². The lowest BCUT2D eigenvalue weighted by Crippen LogP contribution is -2.17. The highest BCUT2D eigenvalue weighted by Gasteiger charge is 2.30. The van der Waals surface area contributed by atoms with Crippen LogP contribution < -0.4 is 10.1 Å². The van der Waals surface area contributed by atoms with Crippen molar-refractivity contribution < 1.29 is 17.9 Å². The normalized spacial score (nSPS) is 11.4. The molecule has 0 spiro atoms. The molecule has 0 amide bonds. The van der Waals surface area contributed by atoms with Crippen molar-refractivity contribution in [3.63, 3.8) is 0 Å². The van der Waals surface area contributed by atoms with Crippen molar-refractivity contribution in [2.75, 3.05) is 5.32 Å². The van der Waals surface area contributed by atoms with Gasteiger partial charge >= 0.3 is 6.36 Å². The van der Waals surface area contributed by atoms with Gasteiger partial charge in [-0.1, -0.05) is 42.5 Å². The molecule has 0 fully saturated rings. The summed E-state index contributed by atoms with van der Waals surface area (Å²) < 4.78 is 40.2. The third kappa shape index (κ3) is 4.16. The molecule has 0 atom stereocenters. The van der Waals surface area contributed by atoms with E-state index in [9.17, 15) is 13.2 Å². The summed E-state index contributed by atoms with van der Waals surface area (Å²) in [4.78, 5) is 0. The van der Waals surface area contributed by atoms with Crippen LogP contribution in [-0.4, -0.2) is 6.36 Å². The fraction of sp³-hybridized carbons (Fsp3) is 0.111. The maximum Gasteiger partial charge on any atom is 0.573 e. The predicted octanol–water partition coefficient (Wildman–Crippen LogP) is 5.35. The van der Waals surface area contributed by atoms with Crippen molar-refractivity contribution >= 4 is 16.5 Å². The quantitative estimate of drug-likeness (QED) is 0.700. The minimum Gasteiger partial charge on any atom is -0.406 e. The number of anilines is 1. The molecule has 0 aliphatic heterocycles. The first kappa shape index (κ1) is 15.2. The first-order chi connectivity index (χ1) is 11.0. The Hall–Kier alpha value is -2.69. The first-order valence-corrected chi connectivity index (χ1v) is 7.07. The highest BCUT2D eigenvalue weighted by atomic mass is 19.4. The van der Waals surface area contributed by atoms with Crippen molar-refractivity contribution in [3.8, 4) is 5.75 Å². The van der Waals surface area contributed by atoms with Gasteiger partial charge in [-0.2, -0.15) is 0 Å². The van der Waals surface area contributed by atoms with Gasteiger partial charge in [-0.15, -0.1) is 13.2 Å². The zero-order valence-electron chi connectivity index (χ0n) is 12.1. The summed E-state index contributed by atoms with van der Waals surface area (Å²) in [6.07, 6.45) is -4.66.